The Morgan fingerprint density at radius 2 is 1.83 bits per heavy atom. The third kappa shape index (κ3) is 4.16. The van der Waals surface area contributed by atoms with Gasteiger partial charge in [-0.05, 0) is 41.8 Å². The minimum atomic E-state index is -4.13. The van der Waals surface area contributed by atoms with Crippen LogP contribution in [0.1, 0.15) is 22.9 Å². The number of rotatable bonds is 6. The SMILES string of the molecule is Cn1cccc1[C@H](CNS(=O)(=O)c1ccc(F)cc1F)N1CCc2ccccc2C1. The second-order valence-corrected chi connectivity index (χ2v) is 9.21. The highest BCUT2D eigenvalue weighted by molar-refractivity contribution is 7.89. The van der Waals surface area contributed by atoms with Crippen molar-refractivity contribution in [2.24, 2.45) is 7.05 Å². The molecule has 4 rings (SSSR count). The van der Waals surface area contributed by atoms with Crippen LogP contribution in [0.25, 0.3) is 0 Å². The third-order valence-electron chi connectivity index (χ3n) is 5.58. The first-order valence-corrected chi connectivity index (χ1v) is 11.2. The Hall–Kier alpha value is -2.55. The van der Waals surface area contributed by atoms with Crippen LogP contribution in [0, 0.1) is 11.6 Å². The van der Waals surface area contributed by atoms with Crippen LogP contribution in [-0.2, 0) is 30.0 Å². The number of hydrogen-bond donors (Lipinski definition) is 1. The summed E-state index contributed by atoms with van der Waals surface area (Å²) in [5.41, 5.74) is 3.47. The maximum atomic E-state index is 14.1. The zero-order chi connectivity index (χ0) is 21.3. The smallest absolute Gasteiger partial charge is 0.243 e. The Labute approximate surface area is 175 Å². The number of hydrogen-bond acceptors (Lipinski definition) is 3. The van der Waals surface area contributed by atoms with Crippen molar-refractivity contribution < 1.29 is 17.2 Å². The lowest BCUT2D eigenvalue weighted by Crippen LogP contribution is -2.41. The van der Waals surface area contributed by atoms with Gasteiger partial charge in [0.05, 0.1) is 6.04 Å². The molecule has 0 radical (unpaired) electrons. The minimum Gasteiger partial charge on any atom is -0.353 e. The lowest BCUT2D eigenvalue weighted by molar-refractivity contribution is 0.174. The highest BCUT2D eigenvalue weighted by Crippen LogP contribution is 2.28. The van der Waals surface area contributed by atoms with Gasteiger partial charge in [0.25, 0.3) is 0 Å². The van der Waals surface area contributed by atoms with E-state index in [2.05, 4.69) is 21.8 Å². The maximum Gasteiger partial charge on any atom is 0.243 e. The monoisotopic (exact) mass is 431 g/mol. The fraction of sp³-hybridized carbons (Fsp3) is 0.273. The summed E-state index contributed by atoms with van der Waals surface area (Å²) in [6.07, 6.45) is 2.78. The van der Waals surface area contributed by atoms with E-state index in [1.165, 1.54) is 11.1 Å². The molecule has 0 amide bonds. The molecular formula is C22H23F2N3O2S. The quantitative estimate of drug-likeness (QED) is 0.651. The molecule has 0 bridgehead atoms. The van der Waals surface area contributed by atoms with Crippen LogP contribution in [-0.4, -0.2) is 31.0 Å². The molecule has 0 fully saturated rings. The number of nitrogens with one attached hydrogen (secondary N) is 1. The van der Waals surface area contributed by atoms with Gasteiger partial charge in [0.15, 0.2) is 0 Å². The van der Waals surface area contributed by atoms with Crippen molar-refractivity contribution >= 4 is 10.0 Å². The van der Waals surface area contributed by atoms with E-state index in [0.717, 1.165) is 30.8 Å². The molecule has 1 atom stereocenters. The van der Waals surface area contributed by atoms with Gasteiger partial charge < -0.3 is 4.57 Å². The standard InChI is InChI=1S/C22H23F2N3O2S/c1-26-11-4-7-20(26)21(27-12-10-16-5-2-3-6-17(16)15-27)14-25-30(28,29)22-9-8-18(23)13-19(22)24/h2-9,11,13,21,25H,10,12,14-15H2,1H3/t21-/m0/s1. The molecule has 8 heteroatoms. The van der Waals surface area contributed by atoms with E-state index in [0.29, 0.717) is 12.6 Å². The van der Waals surface area contributed by atoms with E-state index in [4.69, 9.17) is 0 Å². The third-order valence-corrected chi connectivity index (χ3v) is 7.03. The number of nitrogens with zero attached hydrogens (tertiary/aromatic N) is 2. The molecule has 1 aliphatic heterocycles. The number of fused-ring (bicyclic) bond motifs is 1. The fourth-order valence-electron chi connectivity index (χ4n) is 3.98. The second kappa shape index (κ2) is 8.29. The van der Waals surface area contributed by atoms with Crippen molar-refractivity contribution in [3.05, 3.63) is 89.2 Å². The van der Waals surface area contributed by atoms with Crippen LogP contribution >= 0.6 is 0 Å². The molecule has 0 unspecified atom stereocenters. The van der Waals surface area contributed by atoms with Crippen molar-refractivity contribution in [3.8, 4) is 0 Å². The van der Waals surface area contributed by atoms with E-state index < -0.39 is 26.6 Å². The molecule has 158 valence electrons. The van der Waals surface area contributed by atoms with Crippen molar-refractivity contribution in [2.45, 2.75) is 23.9 Å². The summed E-state index contributed by atoms with van der Waals surface area (Å²) in [4.78, 5) is 1.67. The van der Waals surface area contributed by atoms with Gasteiger partial charge >= 0.3 is 0 Å². The van der Waals surface area contributed by atoms with Crippen LogP contribution in [0.5, 0.6) is 0 Å². The number of benzene rings is 2. The van der Waals surface area contributed by atoms with Gasteiger partial charge in [-0.1, -0.05) is 24.3 Å². The molecule has 2 aromatic carbocycles. The Morgan fingerprint density at radius 3 is 2.53 bits per heavy atom. The zero-order valence-corrected chi connectivity index (χ0v) is 17.4. The van der Waals surface area contributed by atoms with Gasteiger partial charge in [-0.3, -0.25) is 4.90 Å². The molecule has 5 nitrogen and oxygen atoms in total. The summed E-state index contributed by atoms with van der Waals surface area (Å²) >= 11 is 0. The largest absolute Gasteiger partial charge is 0.353 e. The average molecular weight is 432 g/mol. The molecular weight excluding hydrogens is 408 g/mol. The van der Waals surface area contributed by atoms with Gasteiger partial charge in [0.1, 0.15) is 16.5 Å². The van der Waals surface area contributed by atoms with Gasteiger partial charge in [-0.15, -0.1) is 0 Å². The summed E-state index contributed by atoms with van der Waals surface area (Å²) in [7, 11) is -2.22. The minimum absolute atomic E-state index is 0.0686. The number of aryl methyl sites for hydroxylation is 1. The highest BCUT2D eigenvalue weighted by Gasteiger charge is 2.28. The lowest BCUT2D eigenvalue weighted by Gasteiger charge is -2.36. The maximum absolute atomic E-state index is 14.1. The molecule has 1 N–H and O–H groups in total. The van der Waals surface area contributed by atoms with Gasteiger partial charge in [0, 0.05) is 44.6 Å². The summed E-state index contributed by atoms with van der Waals surface area (Å²) < 4.78 is 57.1. The first-order chi connectivity index (χ1) is 14.3. The van der Waals surface area contributed by atoms with Crippen LogP contribution in [0.3, 0.4) is 0 Å². The Kier molecular flexibility index (Phi) is 5.73. The Balaban J connectivity index is 1.59. The second-order valence-electron chi connectivity index (χ2n) is 7.48. The normalized spacial score (nSPS) is 15.7. The Bertz CT molecular complexity index is 1160. The van der Waals surface area contributed by atoms with Gasteiger partial charge in [0.2, 0.25) is 10.0 Å². The first-order valence-electron chi connectivity index (χ1n) is 9.72. The average Bonchev–Trinajstić information content (AvgIpc) is 3.13. The van der Waals surface area contributed by atoms with Crippen molar-refractivity contribution in [3.63, 3.8) is 0 Å². The van der Waals surface area contributed by atoms with Crippen molar-refractivity contribution in [1.82, 2.24) is 14.2 Å². The summed E-state index contributed by atoms with van der Waals surface area (Å²) in [5, 5.41) is 0. The van der Waals surface area contributed by atoms with Crippen LogP contribution in [0.2, 0.25) is 0 Å². The number of aromatic nitrogens is 1. The van der Waals surface area contributed by atoms with Crippen molar-refractivity contribution in [1.29, 1.82) is 0 Å². The van der Waals surface area contributed by atoms with E-state index in [-0.39, 0.29) is 12.6 Å². The highest BCUT2D eigenvalue weighted by atomic mass is 32.2. The summed E-state index contributed by atoms with van der Waals surface area (Å²) in [6, 6.07) is 14.3. The first kappa shape index (κ1) is 20.7. The molecule has 3 aromatic rings. The Morgan fingerprint density at radius 1 is 1.07 bits per heavy atom. The topological polar surface area (TPSA) is 54.3 Å². The number of halogens is 2. The van der Waals surface area contributed by atoms with Crippen LogP contribution in [0.15, 0.2) is 65.7 Å². The molecule has 0 aliphatic carbocycles. The molecule has 0 saturated heterocycles. The molecule has 0 saturated carbocycles. The zero-order valence-electron chi connectivity index (χ0n) is 16.6. The van der Waals surface area contributed by atoms with Gasteiger partial charge in [-0.25, -0.2) is 21.9 Å². The van der Waals surface area contributed by atoms with Crippen LogP contribution < -0.4 is 4.72 Å². The van der Waals surface area contributed by atoms with E-state index in [1.54, 1.807) is 0 Å². The van der Waals surface area contributed by atoms with E-state index >= 15 is 0 Å². The lowest BCUT2D eigenvalue weighted by atomic mass is 9.98. The molecule has 1 aliphatic rings. The van der Waals surface area contributed by atoms with E-state index in [9.17, 15) is 17.2 Å². The predicted octanol–water partition coefficient (Wildman–Crippen LogP) is 3.38. The fourth-order valence-corrected chi connectivity index (χ4v) is 5.08. The van der Waals surface area contributed by atoms with Crippen LogP contribution in [0.4, 0.5) is 8.78 Å². The molecule has 0 spiro atoms. The van der Waals surface area contributed by atoms with Gasteiger partial charge in [-0.2, -0.15) is 0 Å². The summed E-state index contributed by atoms with van der Waals surface area (Å²) in [6.45, 7) is 1.54. The molecule has 1 aromatic heterocycles. The van der Waals surface area contributed by atoms with Crippen molar-refractivity contribution in [2.75, 3.05) is 13.1 Å². The molecule has 30 heavy (non-hydrogen) atoms. The van der Waals surface area contributed by atoms with E-state index in [1.807, 2.05) is 42.1 Å². The predicted molar refractivity (Wildman–Crippen MR) is 110 cm³/mol. The number of sulfonamides is 1. The molecule has 2 heterocycles. The summed E-state index contributed by atoms with van der Waals surface area (Å²) in [5.74, 6) is -1.93.